The molecule has 11 nitrogen and oxygen atoms in total. The molecule has 0 saturated carbocycles. The van der Waals surface area contributed by atoms with E-state index in [0.717, 1.165) is 48.0 Å². The van der Waals surface area contributed by atoms with E-state index < -0.39 is 165 Å². The zero-order chi connectivity index (χ0) is 78.6. The lowest BCUT2D eigenvalue weighted by molar-refractivity contribution is -0.253. The number of hydrogen-bond donors (Lipinski definition) is 3. The van der Waals surface area contributed by atoms with Gasteiger partial charge in [-0.25, -0.2) is 35.9 Å². The van der Waals surface area contributed by atoms with Crippen LogP contribution >= 0.6 is 11.6 Å². The number of ether oxygens (including phenoxy) is 4. The lowest BCUT2D eigenvalue weighted by Crippen LogP contribution is -2.49. The van der Waals surface area contributed by atoms with Gasteiger partial charge in [0.15, 0.2) is 0 Å². The normalized spacial score (nSPS) is 13.2. The van der Waals surface area contributed by atoms with Gasteiger partial charge >= 0.3 is 49.6 Å². The summed E-state index contributed by atoms with van der Waals surface area (Å²) in [7, 11) is 0. The Kier molecular flexibility index (Phi) is 27.0. The van der Waals surface area contributed by atoms with Gasteiger partial charge in [0.2, 0.25) is 0 Å². The topological polar surface area (TPSA) is 141 Å². The third kappa shape index (κ3) is 23.7. The largest absolute Gasteiger partial charge is 0.461 e. The second-order valence-corrected chi connectivity index (χ2v) is 25.6. The van der Waals surface area contributed by atoms with Crippen LogP contribution in [0.5, 0.6) is 11.5 Å². The van der Waals surface area contributed by atoms with E-state index in [-0.39, 0.29) is 46.8 Å². The van der Waals surface area contributed by atoms with Crippen LogP contribution in [0.1, 0.15) is 125 Å². The lowest BCUT2D eigenvalue weighted by Gasteiger charge is -2.37. The van der Waals surface area contributed by atoms with Crippen LogP contribution in [-0.2, 0) is 58.7 Å². The maximum Gasteiger partial charge on any atom is 0.461 e. The van der Waals surface area contributed by atoms with Gasteiger partial charge in [0.05, 0.1) is 16.7 Å². The highest BCUT2D eigenvalue weighted by molar-refractivity contribution is 6.67. The Morgan fingerprint density at radius 3 is 1.22 bits per heavy atom. The third-order valence-electron chi connectivity index (χ3n) is 14.8. The van der Waals surface area contributed by atoms with E-state index in [9.17, 15) is 98.2 Å². The molecule has 8 rings (SSSR count). The average Bonchev–Trinajstić information content (AvgIpc) is 0.759. The number of halogens is 21. The van der Waals surface area contributed by atoms with Gasteiger partial charge in [0.25, 0.3) is 11.1 Å². The standard InChI is InChI=1S/C36H30F10N2O4.C29H29F6NO3.C8H3ClF4O/c1-33(2,3)52-32(50)47-19-22-13-23(10-12-28(22)38)34(18-20-7-5-4-6-8-20,24-15-25(37)17-26(16-24)51-36(45,46)31(40)41)48-30(49)21-9-11-29(39)27(14-21)35(42,43)44;1-27(2,3)39-26(37)36-17-19-12-20(10-11-24(19)31)28(4,16-18-8-6-5-7-9-18)21-13-22(30)15-23(14-21)38-29(34,35)25(32)33;9-7(14)4-1-2-6(10)5(3-4)8(11,12)13/h4-17,31H,18-19H2,1-3H3,(H,47,50)(H,48,49);5-15,25H,16-17H2,1-4H3,(H,36,37);1-3H/t34-;28-;/m10./s1. The molecule has 2 atom stereocenters. The molecular formula is C73H62ClF20N3O8. The first kappa shape index (κ1) is 83.9. The van der Waals surface area contributed by atoms with E-state index in [1.54, 1.807) is 97.0 Å². The summed E-state index contributed by atoms with van der Waals surface area (Å²) in [5, 5.41) is 6.26. The number of carbonyl (C=O) groups is 4. The van der Waals surface area contributed by atoms with Gasteiger partial charge in [-0.3, -0.25) is 9.59 Å². The van der Waals surface area contributed by atoms with Crippen molar-refractivity contribution in [1.82, 2.24) is 16.0 Å². The van der Waals surface area contributed by atoms with E-state index in [0.29, 0.717) is 53.6 Å². The van der Waals surface area contributed by atoms with Crippen LogP contribution in [0.2, 0.25) is 0 Å². The molecule has 8 aromatic rings. The van der Waals surface area contributed by atoms with Crippen molar-refractivity contribution in [1.29, 1.82) is 0 Å². The van der Waals surface area contributed by atoms with Crippen LogP contribution in [0, 0.1) is 34.9 Å². The summed E-state index contributed by atoms with van der Waals surface area (Å²) in [6.07, 6.45) is -30.5. The number of benzene rings is 8. The Bertz CT molecular complexity index is 4360. The highest BCUT2D eigenvalue weighted by Crippen LogP contribution is 2.43. The van der Waals surface area contributed by atoms with Gasteiger partial charge < -0.3 is 34.9 Å². The minimum Gasteiger partial charge on any atom is -0.444 e. The van der Waals surface area contributed by atoms with Crippen molar-refractivity contribution in [3.8, 4) is 11.5 Å². The maximum absolute atomic E-state index is 15.3. The van der Waals surface area contributed by atoms with Gasteiger partial charge in [0, 0.05) is 59.3 Å². The summed E-state index contributed by atoms with van der Waals surface area (Å²) in [5.41, 5.74) is -8.66. The fourth-order valence-electron chi connectivity index (χ4n) is 10.1. The Hall–Kier alpha value is -10.1. The summed E-state index contributed by atoms with van der Waals surface area (Å²) < 4.78 is 289. The predicted molar refractivity (Wildman–Crippen MR) is 343 cm³/mol. The van der Waals surface area contributed by atoms with E-state index in [4.69, 9.17) is 21.1 Å². The van der Waals surface area contributed by atoms with E-state index in [1.165, 1.54) is 30.3 Å². The molecule has 0 saturated heterocycles. The molecule has 0 aliphatic rings. The smallest absolute Gasteiger partial charge is 0.444 e. The average molecular weight is 1520 g/mol. The predicted octanol–water partition coefficient (Wildman–Crippen LogP) is 20.3. The number of nitrogens with one attached hydrogen (secondary N) is 3. The highest BCUT2D eigenvalue weighted by atomic mass is 35.5. The number of hydrogen-bond acceptors (Lipinski definition) is 8. The first-order valence-electron chi connectivity index (χ1n) is 30.7. The van der Waals surface area contributed by atoms with Crippen molar-refractivity contribution in [3.63, 3.8) is 0 Å². The van der Waals surface area contributed by atoms with Crippen LogP contribution in [0.25, 0.3) is 0 Å². The van der Waals surface area contributed by atoms with Crippen molar-refractivity contribution >= 4 is 34.9 Å². The molecule has 32 heteroatoms. The quantitative estimate of drug-likeness (QED) is 0.0477. The van der Waals surface area contributed by atoms with Gasteiger partial charge in [-0.05, 0) is 172 Å². The van der Waals surface area contributed by atoms with Crippen LogP contribution < -0.4 is 25.4 Å². The number of carbonyl (C=O) groups excluding carboxylic acids is 4. The molecule has 0 bridgehead atoms. The monoisotopic (exact) mass is 1520 g/mol. The van der Waals surface area contributed by atoms with Crippen molar-refractivity contribution < 1.29 is 126 Å². The molecule has 0 fully saturated rings. The van der Waals surface area contributed by atoms with E-state index in [1.807, 2.05) is 0 Å². The van der Waals surface area contributed by atoms with E-state index in [2.05, 4.69) is 25.4 Å². The van der Waals surface area contributed by atoms with Crippen LogP contribution in [0.3, 0.4) is 0 Å². The summed E-state index contributed by atoms with van der Waals surface area (Å²) in [6, 6.07) is 31.4. The fourth-order valence-corrected chi connectivity index (χ4v) is 10.2. The maximum atomic E-state index is 15.3. The molecule has 0 heterocycles. The second kappa shape index (κ2) is 33.8. The molecule has 0 aromatic heterocycles. The Morgan fingerprint density at radius 2 is 0.800 bits per heavy atom. The molecule has 0 aliphatic heterocycles. The second-order valence-electron chi connectivity index (χ2n) is 25.3. The molecule has 3 amide bonds. The van der Waals surface area contributed by atoms with Gasteiger partial charge in [-0.2, -0.15) is 61.5 Å². The summed E-state index contributed by atoms with van der Waals surface area (Å²) in [5.74, 6) is -10.2. The van der Waals surface area contributed by atoms with Gasteiger partial charge in [0.1, 0.15) is 57.6 Å². The van der Waals surface area contributed by atoms with E-state index >= 15 is 8.78 Å². The number of amides is 3. The zero-order valence-electron chi connectivity index (χ0n) is 55.9. The molecule has 0 aliphatic carbocycles. The van der Waals surface area contributed by atoms with Crippen molar-refractivity contribution in [3.05, 3.63) is 272 Å². The van der Waals surface area contributed by atoms with Gasteiger partial charge in [-0.15, -0.1) is 0 Å². The molecule has 0 unspecified atom stereocenters. The third-order valence-corrected chi connectivity index (χ3v) is 15.0. The molecule has 0 radical (unpaired) electrons. The summed E-state index contributed by atoms with van der Waals surface area (Å²) in [4.78, 5) is 48.9. The molecule has 0 spiro atoms. The lowest BCUT2D eigenvalue weighted by atomic mass is 9.71. The van der Waals surface area contributed by atoms with Crippen LogP contribution in [0.15, 0.2) is 170 Å². The minimum absolute atomic E-state index is 0.0924. The van der Waals surface area contributed by atoms with Crippen LogP contribution in [0.4, 0.5) is 97.4 Å². The Balaban J connectivity index is 0.000000285. The van der Waals surface area contributed by atoms with Crippen molar-refractivity contribution in [2.75, 3.05) is 0 Å². The zero-order valence-corrected chi connectivity index (χ0v) is 56.6. The molecular weight excluding hydrogens is 1460 g/mol. The Morgan fingerprint density at radius 1 is 0.419 bits per heavy atom. The first-order chi connectivity index (χ1) is 48.5. The highest BCUT2D eigenvalue weighted by Gasteiger charge is 2.47. The first-order valence-corrected chi connectivity index (χ1v) is 31.1. The molecule has 8 aromatic carbocycles. The summed E-state index contributed by atoms with van der Waals surface area (Å²) >= 11 is 4.95. The van der Waals surface area contributed by atoms with Gasteiger partial charge in [-0.1, -0.05) is 85.8 Å². The van der Waals surface area contributed by atoms with Crippen molar-refractivity contribution in [2.24, 2.45) is 0 Å². The number of alkyl carbamates (subject to hydrolysis) is 2. The fraction of sp³-hybridized carbons (Fsp3) is 0.288. The number of alkyl halides is 14. The number of rotatable bonds is 21. The molecule has 105 heavy (non-hydrogen) atoms. The Labute approximate surface area is 591 Å². The van der Waals surface area contributed by atoms with Crippen LogP contribution in [-0.4, -0.2) is 59.6 Å². The minimum atomic E-state index is -5.24. The summed E-state index contributed by atoms with van der Waals surface area (Å²) in [6.45, 7) is 10.7. The van der Waals surface area contributed by atoms with Crippen molar-refractivity contribution in [2.45, 2.75) is 134 Å². The SMILES string of the molecule is CC(C)(C)OC(=O)NCc1cc([C@@](Cc2ccccc2)(NC(=O)c2ccc(F)c(C(F)(F)F)c2)c2cc(F)cc(OC(F)(F)C(F)F)c2)ccc1F.CC(C)(C)OC(=O)NCc1cc([C@](C)(Cc2ccccc2)c2cc(F)cc(OC(F)(F)C(F)F)c2)ccc1F.O=C(Cl)c1ccc(F)c(C(F)(F)F)c1. The molecule has 3 N–H and O–H groups in total. The molecule has 564 valence electrons.